The Morgan fingerprint density at radius 2 is 2.05 bits per heavy atom. The van der Waals surface area contributed by atoms with E-state index in [0.29, 0.717) is 17.7 Å². The summed E-state index contributed by atoms with van der Waals surface area (Å²) < 4.78 is 4.92. The summed E-state index contributed by atoms with van der Waals surface area (Å²) in [7, 11) is 0. The number of esters is 1. The first-order valence-electron chi connectivity index (χ1n) is 6.66. The molecule has 22 heavy (non-hydrogen) atoms. The molecule has 0 unspecified atom stereocenters. The van der Waals surface area contributed by atoms with Crippen LogP contribution in [0.15, 0.2) is 41.8 Å². The van der Waals surface area contributed by atoms with E-state index in [1.165, 1.54) is 0 Å². The van der Waals surface area contributed by atoms with Gasteiger partial charge in [0.2, 0.25) is 0 Å². The quantitative estimate of drug-likeness (QED) is 0.831. The molecule has 5 nitrogen and oxygen atoms in total. The number of rotatable bonds is 6. The maximum atomic E-state index is 11.7. The minimum absolute atomic E-state index is 0.239. The van der Waals surface area contributed by atoms with Gasteiger partial charge < -0.3 is 10.1 Å². The van der Waals surface area contributed by atoms with Crippen molar-refractivity contribution in [3.63, 3.8) is 0 Å². The number of para-hydroxylation sites is 1. The second-order valence-electron chi connectivity index (χ2n) is 4.45. The second-order valence-corrected chi connectivity index (χ2v) is 5.48. The molecule has 0 aliphatic heterocycles. The van der Waals surface area contributed by atoms with Crippen molar-refractivity contribution in [3.8, 4) is 6.07 Å². The summed E-state index contributed by atoms with van der Waals surface area (Å²) in [5.74, 6) is -0.885. The van der Waals surface area contributed by atoms with Crippen molar-refractivity contribution in [1.82, 2.24) is 0 Å². The van der Waals surface area contributed by atoms with Crippen LogP contribution in [0, 0.1) is 11.3 Å². The van der Waals surface area contributed by atoms with E-state index in [-0.39, 0.29) is 13.0 Å². The first-order valence-corrected chi connectivity index (χ1v) is 7.54. The van der Waals surface area contributed by atoms with Crippen LogP contribution in [0.4, 0.5) is 5.69 Å². The number of thiophene rings is 1. The zero-order chi connectivity index (χ0) is 15.8. The van der Waals surface area contributed by atoms with Crippen LogP contribution in [0.25, 0.3) is 0 Å². The molecule has 1 amide bonds. The van der Waals surface area contributed by atoms with Gasteiger partial charge in [-0.1, -0.05) is 18.2 Å². The van der Waals surface area contributed by atoms with Gasteiger partial charge in [0.15, 0.2) is 6.61 Å². The van der Waals surface area contributed by atoms with Crippen LogP contribution < -0.4 is 5.32 Å². The molecule has 0 bridgehead atoms. The number of aryl methyl sites for hydroxylation is 1. The summed E-state index contributed by atoms with van der Waals surface area (Å²) in [4.78, 5) is 24.4. The molecule has 112 valence electrons. The van der Waals surface area contributed by atoms with Crippen LogP contribution in [0.2, 0.25) is 0 Å². The molecule has 0 radical (unpaired) electrons. The summed E-state index contributed by atoms with van der Waals surface area (Å²) in [5, 5.41) is 13.4. The number of anilines is 1. The van der Waals surface area contributed by atoms with Crippen molar-refractivity contribution in [2.45, 2.75) is 12.8 Å². The second kappa shape index (κ2) is 7.96. The average Bonchev–Trinajstić information content (AvgIpc) is 3.05. The Labute approximate surface area is 132 Å². The third-order valence-corrected chi connectivity index (χ3v) is 3.78. The molecule has 1 aromatic carbocycles. The molecule has 1 aromatic heterocycles. The SMILES string of the molecule is N#Cc1ccccc1NC(=O)COC(=O)CCc1cccs1. The molecule has 0 atom stereocenters. The minimum atomic E-state index is -0.466. The standard InChI is InChI=1S/C16H14N2O3S/c17-10-12-4-1-2-6-14(12)18-15(19)11-21-16(20)8-7-13-5-3-9-22-13/h1-6,9H,7-8,11H2,(H,18,19). The average molecular weight is 314 g/mol. The first-order chi connectivity index (χ1) is 10.7. The van der Waals surface area contributed by atoms with Gasteiger partial charge in [0.05, 0.1) is 17.7 Å². The lowest BCUT2D eigenvalue weighted by atomic mass is 10.2. The van der Waals surface area contributed by atoms with Crippen molar-refractivity contribution in [2.24, 2.45) is 0 Å². The fourth-order valence-electron chi connectivity index (χ4n) is 1.77. The number of benzene rings is 1. The molecule has 0 saturated carbocycles. The normalized spacial score (nSPS) is 9.77. The van der Waals surface area contributed by atoms with Gasteiger partial charge >= 0.3 is 5.97 Å². The molecule has 0 aliphatic rings. The van der Waals surface area contributed by atoms with Crippen molar-refractivity contribution in [3.05, 3.63) is 52.2 Å². The Morgan fingerprint density at radius 3 is 2.77 bits per heavy atom. The molecular weight excluding hydrogens is 300 g/mol. The van der Waals surface area contributed by atoms with Gasteiger partial charge in [-0.05, 0) is 30.0 Å². The third kappa shape index (κ3) is 4.72. The van der Waals surface area contributed by atoms with Crippen LogP contribution >= 0.6 is 11.3 Å². The van der Waals surface area contributed by atoms with E-state index in [0.717, 1.165) is 4.88 Å². The van der Waals surface area contributed by atoms with E-state index in [1.807, 2.05) is 23.6 Å². The minimum Gasteiger partial charge on any atom is -0.456 e. The number of nitrogens with zero attached hydrogens (tertiary/aromatic N) is 1. The Morgan fingerprint density at radius 1 is 1.23 bits per heavy atom. The highest BCUT2D eigenvalue weighted by molar-refractivity contribution is 7.09. The number of carbonyl (C=O) groups excluding carboxylic acids is 2. The Kier molecular flexibility index (Phi) is 5.69. The smallest absolute Gasteiger partial charge is 0.306 e. The lowest BCUT2D eigenvalue weighted by molar-refractivity contribution is -0.147. The van der Waals surface area contributed by atoms with E-state index in [9.17, 15) is 9.59 Å². The summed E-state index contributed by atoms with van der Waals surface area (Å²) >= 11 is 1.58. The number of nitrogens with one attached hydrogen (secondary N) is 1. The molecule has 0 aliphatic carbocycles. The zero-order valence-electron chi connectivity index (χ0n) is 11.7. The summed E-state index contributed by atoms with van der Waals surface area (Å²) in [6, 6.07) is 12.5. The van der Waals surface area contributed by atoms with Gasteiger partial charge in [0.25, 0.3) is 5.91 Å². The van der Waals surface area contributed by atoms with Crippen LogP contribution in [0.5, 0.6) is 0 Å². The Balaban J connectivity index is 1.75. The molecule has 0 fully saturated rings. The first kappa shape index (κ1) is 15.7. The predicted molar refractivity (Wildman–Crippen MR) is 83.4 cm³/mol. The molecule has 1 N–H and O–H groups in total. The predicted octanol–water partition coefficient (Wildman–Crippen LogP) is 2.73. The van der Waals surface area contributed by atoms with Gasteiger partial charge in [0.1, 0.15) is 6.07 Å². The molecule has 6 heteroatoms. The molecule has 2 rings (SSSR count). The largest absolute Gasteiger partial charge is 0.456 e. The van der Waals surface area contributed by atoms with Gasteiger partial charge in [-0.2, -0.15) is 5.26 Å². The van der Waals surface area contributed by atoms with Crippen molar-refractivity contribution in [1.29, 1.82) is 5.26 Å². The monoisotopic (exact) mass is 314 g/mol. The highest BCUT2D eigenvalue weighted by Gasteiger charge is 2.10. The van der Waals surface area contributed by atoms with E-state index >= 15 is 0 Å². The van der Waals surface area contributed by atoms with Crippen LogP contribution in [0.3, 0.4) is 0 Å². The van der Waals surface area contributed by atoms with Crippen LogP contribution in [-0.2, 0) is 20.7 Å². The number of hydrogen-bond donors (Lipinski definition) is 1. The number of hydrogen-bond acceptors (Lipinski definition) is 5. The molecule has 0 saturated heterocycles. The lowest BCUT2D eigenvalue weighted by Gasteiger charge is -2.07. The van der Waals surface area contributed by atoms with E-state index < -0.39 is 11.9 Å². The Bertz CT molecular complexity index is 690. The lowest BCUT2D eigenvalue weighted by Crippen LogP contribution is -2.21. The topological polar surface area (TPSA) is 79.2 Å². The van der Waals surface area contributed by atoms with Crippen molar-refractivity contribution >= 4 is 28.9 Å². The van der Waals surface area contributed by atoms with Crippen LogP contribution in [0.1, 0.15) is 16.9 Å². The molecule has 2 aromatic rings. The number of nitriles is 1. The van der Waals surface area contributed by atoms with E-state index in [1.54, 1.807) is 35.6 Å². The maximum Gasteiger partial charge on any atom is 0.306 e. The van der Waals surface area contributed by atoms with Crippen LogP contribution in [-0.4, -0.2) is 18.5 Å². The summed E-state index contributed by atoms with van der Waals surface area (Å²) in [6.07, 6.45) is 0.845. The van der Waals surface area contributed by atoms with Gasteiger partial charge in [0, 0.05) is 4.88 Å². The summed E-state index contributed by atoms with van der Waals surface area (Å²) in [5.41, 5.74) is 0.768. The zero-order valence-corrected chi connectivity index (χ0v) is 12.6. The fourth-order valence-corrected chi connectivity index (χ4v) is 2.48. The van der Waals surface area contributed by atoms with Gasteiger partial charge in [-0.15, -0.1) is 11.3 Å². The summed E-state index contributed by atoms with van der Waals surface area (Å²) in [6.45, 7) is -0.358. The highest BCUT2D eigenvalue weighted by atomic mass is 32.1. The van der Waals surface area contributed by atoms with E-state index in [4.69, 9.17) is 10.00 Å². The number of ether oxygens (including phenoxy) is 1. The van der Waals surface area contributed by atoms with Gasteiger partial charge in [-0.25, -0.2) is 0 Å². The van der Waals surface area contributed by atoms with Crippen molar-refractivity contribution in [2.75, 3.05) is 11.9 Å². The fraction of sp³-hybridized carbons (Fsp3) is 0.188. The van der Waals surface area contributed by atoms with Crippen molar-refractivity contribution < 1.29 is 14.3 Å². The number of amides is 1. The molecule has 1 heterocycles. The molecule has 0 spiro atoms. The van der Waals surface area contributed by atoms with E-state index in [2.05, 4.69) is 5.32 Å². The third-order valence-electron chi connectivity index (χ3n) is 2.84. The maximum absolute atomic E-state index is 11.7. The highest BCUT2D eigenvalue weighted by Crippen LogP contribution is 2.13. The van der Waals surface area contributed by atoms with Gasteiger partial charge in [-0.3, -0.25) is 9.59 Å². The number of carbonyl (C=O) groups is 2. The molecular formula is C16H14N2O3S. The Hall–Kier alpha value is -2.65.